The second kappa shape index (κ2) is 12.2. The summed E-state index contributed by atoms with van der Waals surface area (Å²) in [5.41, 5.74) is 1.03. The van der Waals surface area contributed by atoms with Crippen molar-refractivity contribution in [2.24, 2.45) is 0 Å². The van der Waals surface area contributed by atoms with Crippen LogP contribution in [0.3, 0.4) is 0 Å². The number of ether oxygens (including phenoxy) is 1. The van der Waals surface area contributed by atoms with E-state index in [2.05, 4.69) is 12.2 Å². The number of urea groups is 1. The van der Waals surface area contributed by atoms with Gasteiger partial charge in [0.15, 0.2) is 0 Å². The van der Waals surface area contributed by atoms with Gasteiger partial charge in [0.2, 0.25) is 5.91 Å². The van der Waals surface area contributed by atoms with E-state index in [1.807, 2.05) is 42.5 Å². The average molecular weight is 428 g/mol. The van der Waals surface area contributed by atoms with Gasteiger partial charge in [-0.3, -0.25) is 4.79 Å². The first-order chi connectivity index (χ1) is 15.2. The van der Waals surface area contributed by atoms with Crippen LogP contribution in [0.4, 0.5) is 4.79 Å². The summed E-state index contributed by atoms with van der Waals surface area (Å²) in [6.45, 7) is 4.62. The maximum absolute atomic E-state index is 13.3. The molecular weight excluding hydrogens is 394 g/mol. The van der Waals surface area contributed by atoms with Gasteiger partial charge >= 0.3 is 6.03 Å². The maximum Gasteiger partial charge on any atom is 0.317 e. The maximum atomic E-state index is 13.3. The van der Waals surface area contributed by atoms with Crippen LogP contribution in [0.25, 0.3) is 0 Å². The number of benzene rings is 1. The highest BCUT2D eigenvalue weighted by atomic mass is 16.5. The predicted molar refractivity (Wildman–Crippen MR) is 118 cm³/mol. The van der Waals surface area contributed by atoms with Gasteiger partial charge in [-0.15, -0.1) is 0 Å². The van der Waals surface area contributed by atoms with Crippen molar-refractivity contribution in [3.05, 3.63) is 60.1 Å². The zero-order valence-corrected chi connectivity index (χ0v) is 18.3. The largest absolute Gasteiger partial charge is 0.467 e. The number of furan rings is 1. The fraction of sp³-hybridized carbons (Fsp3) is 0.500. The van der Waals surface area contributed by atoms with Crippen LogP contribution in [0.2, 0.25) is 0 Å². The van der Waals surface area contributed by atoms with E-state index >= 15 is 0 Å². The smallest absolute Gasteiger partial charge is 0.317 e. The molecule has 1 aliphatic rings. The quantitative estimate of drug-likeness (QED) is 0.554. The molecule has 2 heterocycles. The van der Waals surface area contributed by atoms with Crippen molar-refractivity contribution >= 4 is 11.9 Å². The van der Waals surface area contributed by atoms with Gasteiger partial charge in [-0.25, -0.2) is 4.79 Å². The lowest BCUT2D eigenvalue weighted by Crippen LogP contribution is -2.49. The first-order valence-electron chi connectivity index (χ1n) is 11.1. The van der Waals surface area contributed by atoms with Crippen molar-refractivity contribution < 1.29 is 18.7 Å². The summed E-state index contributed by atoms with van der Waals surface area (Å²) in [5, 5.41) is 2.94. The average Bonchev–Trinajstić information content (AvgIpc) is 3.48. The van der Waals surface area contributed by atoms with E-state index in [-0.39, 0.29) is 24.6 Å². The Morgan fingerprint density at radius 3 is 2.61 bits per heavy atom. The van der Waals surface area contributed by atoms with Gasteiger partial charge in [0.05, 0.1) is 18.9 Å². The van der Waals surface area contributed by atoms with Crippen LogP contribution in [-0.4, -0.2) is 54.1 Å². The summed E-state index contributed by atoms with van der Waals surface area (Å²) in [7, 11) is 0. The van der Waals surface area contributed by atoms with Gasteiger partial charge in [-0.05, 0) is 37.0 Å². The summed E-state index contributed by atoms with van der Waals surface area (Å²) >= 11 is 0. The number of hydrogen-bond acceptors (Lipinski definition) is 4. The van der Waals surface area contributed by atoms with Crippen molar-refractivity contribution in [1.29, 1.82) is 0 Å². The van der Waals surface area contributed by atoms with Gasteiger partial charge < -0.3 is 24.3 Å². The Kier molecular flexibility index (Phi) is 8.97. The lowest BCUT2D eigenvalue weighted by Gasteiger charge is -2.29. The van der Waals surface area contributed by atoms with Crippen LogP contribution in [0, 0.1) is 0 Å². The molecule has 168 valence electrons. The second-order valence-corrected chi connectivity index (χ2v) is 7.92. The molecule has 1 aliphatic heterocycles. The first kappa shape index (κ1) is 22.9. The van der Waals surface area contributed by atoms with Crippen molar-refractivity contribution in [3.8, 4) is 0 Å². The summed E-state index contributed by atoms with van der Waals surface area (Å²) in [5.74, 6) is 0.589. The van der Waals surface area contributed by atoms with E-state index in [9.17, 15) is 9.59 Å². The molecule has 1 unspecified atom stereocenters. The lowest BCUT2D eigenvalue weighted by molar-refractivity contribution is -0.133. The Bertz CT molecular complexity index is 788. The molecule has 3 amide bonds. The molecule has 1 aromatic heterocycles. The third-order valence-electron chi connectivity index (χ3n) is 5.36. The van der Waals surface area contributed by atoms with Crippen LogP contribution < -0.4 is 5.32 Å². The molecule has 2 aromatic rings. The first-order valence-corrected chi connectivity index (χ1v) is 11.1. The molecule has 0 aliphatic carbocycles. The minimum absolute atomic E-state index is 0.00532. The minimum atomic E-state index is -0.213. The summed E-state index contributed by atoms with van der Waals surface area (Å²) < 4.78 is 11.2. The third-order valence-corrected chi connectivity index (χ3v) is 5.36. The number of hydrogen-bond donors (Lipinski definition) is 1. The molecular formula is C24H33N3O4. The summed E-state index contributed by atoms with van der Waals surface area (Å²) in [6, 6.07) is 13.3. The van der Waals surface area contributed by atoms with E-state index in [4.69, 9.17) is 9.15 Å². The molecule has 1 N–H and O–H groups in total. The molecule has 7 nitrogen and oxygen atoms in total. The van der Waals surface area contributed by atoms with E-state index in [0.29, 0.717) is 38.5 Å². The standard InChI is InChI=1S/C24H33N3O4/c1-2-3-13-25-24(29)27(18-22-12-8-15-31-22)19-23(28)26(17-21-11-7-14-30-21)16-20-9-5-4-6-10-20/h4-7,9-11,14,22H,2-3,8,12-13,15-19H2,1H3,(H,25,29). The number of amides is 3. The fourth-order valence-corrected chi connectivity index (χ4v) is 3.63. The van der Waals surface area contributed by atoms with Gasteiger partial charge in [0.1, 0.15) is 12.3 Å². The van der Waals surface area contributed by atoms with Gasteiger partial charge in [-0.2, -0.15) is 0 Å². The molecule has 31 heavy (non-hydrogen) atoms. The molecule has 1 aromatic carbocycles. The van der Waals surface area contributed by atoms with E-state index in [1.54, 1.807) is 16.1 Å². The van der Waals surface area contributed by atoms with Gasteiger partial charge in [0.25, 0.3) is 0 Å². The molecule has 0 spiro atoms. The molecule has 7 heteroatoms. The molecule has 0 saturated carbocycles. The van der Waals surface area contributed by atoms with E-state index < -0.39 is 0 Å². The Morgan fingerprint density at radius 1 is 1.10 bits per heavy atom. The Balaban J connectivity index is 1.69. The number of carbonyl (C=O) groups is 2. The normalized spacial score (nSPS) is 15.6. The summed E-state index contributed by atoms with van der Waals surface area (Å²) in [6.07, 6.45) is 5.39. The molecule has 0 radical (unpaired) electrons. The van der Waals surface area contributed by atoms with Crippen molar-refractivity contribution in [2.75, 3.05) is 26.2 Å². The lowest BCUT2D eigenvalue weighted by atomic mass is 10.2. The molecule has 1 saturated heterocycles. The molecule has 0 bridgehead atoms. The fourth-order valence-electron chi connectivity index (χ4n) is 3.63. The highest BCUT2D eigenvalue weighted by molar-refractivity contribution is 5.84. The monoisotopic (exact) mass is 427 g/mol. The van der Waals surface area contributed by atoms with E-state index in [1.165, 1.54) is 0 Å². The van der Waals surface area contributed by atoms with Crippen LogP contribution in [0.5, 0.6) is 0 Å². The van der Waals surface area contributed by atoms with Crippen LogP contribution in [-0.2, 0) is 22.6 Å². The summed E-state index contributed by atoms with van der Waals surface area (Å²) in [4.78, 5) is 29.4. The Labute approximate surface area is 184 Å². The molecule has 1 fully saturated rings. The number of unbranched alkanes of at least 4 members (excludes halogenated alkanes) is 1. The van der Waals surface area contributed by atoms with E-state index in [0.717, 1.165) is 31.2 Å². The number of rotatable bonds is 11. The predicted octanol–water partition coefficient (Wildman–Crippen LogP) is 3.80. The second-order valence-electron chi connectivity index (χ2n) is 7.92. The van der Waals surface area contributed by atoms with Gasteiger partial charge in [-0.1, -0.05) is 43.7 Å². The highest BCUT2D eigenvalue weighted by Crippen LogP contribution is 2.15. The van der Waals surface area contributed by atoms with Crippen molar-refractivity contribution in [2.45, 2.75) is 51.8 Å². The number of nitrogens with zero attached hydrogens (tertiary/aromatic N) is 2. The van der Waals surface area contributed by atoms with Crippen LogP contribution in [0.15, 0.2) is 53.1 Å². The number of nitrogens with one attached hydrogen (secondary N) is 1. The topological polar surface area (TPSA) is 75.0 Å². The van der Waals surface area contributed by atoms with Crippen molar-refractivity contribution in [3.63, 3.8) is 0 Å². The number of carbonyl (C=O) groups excluding carboxylic acids is 2. The van der Waals surface area contributed by atoms with Gasteiger partial charge in [0, 0.05) is 26.2 Å². The molecule has 3 rings (SSSR count). The zero-order valence-electron chi connectivity index (χ0n) is 18.3. The van der Waals surface area contributed by atoms with Crippen LogP contribution in [0.1, 0.15) is 43.9 Å². The molecule has 1 atom stereocenters. The van der Waals surface area contributed by atoms with Crippen LogP contribution >= 0.6 is 0 Å². The Morgan fingerprint density at radius 2 is 1.94 bits per heavy atom. The third kappa shape index (κ3) is 7.43. The zero-order chi connectivity index (χ0) is 21.9. The SMILES string of the molecule is CCCCNC(=O)N(CC(=O)N(Cc1ccccc1)Cc1ccco1)CC1CCCO1. The highest BCUT2D eigenvalue weighted by Gasteiger charge is 2.26. The Hall–Kier alpha value is -2.80. The van der Waals surface area contributed by atoms with Crippen molar-refractivity contribution in [1.82, 2.24) is 15.1 Å². The minimum Gasteiger partial charge on any atom is -0.467 e.